The Morgan fingerprint density at radius 1 is 0.829 bits per heavy atom. The quantitative estimate of drug-likeness (QED) is 0.452. The number of hydrogen-bond acceptors (Lipinski definition) is 10. The first kappa shape index (κ1) is 22.2. The highest BCUT2D eigenvalue weighted by Crippen LogP contribution is 2.35. The maximum Gasteiger partial charge on any atom is 0.225 e. The van der Waals surface area contributed by atoms with Gasteiger partial charge in [-0.2, -0.15) is 5.26 Å². The Morgan fingerprint density at radius 3 is 2.14 bits per heavy atom. The van der Waals surface area contributed by atoms with Crippen molar-refractivity contribution in [3.05, 3.63) is 60.7 Å². The fourth-order valence-corrected chi connectivity index (χ4v) is 4.08. The molecule has 0 atom stereocenters. The molecule has 10 nitrogen and oxygen atoms in total. The van der Waals surface area contributed by atoms with E-state index in [1.165, 1.54) is 0 Å². The number of nitrogens with one attached hydrogen (secondary N) is 1. The van der Waals surface area contributed by atoms with Gasteiger partial charge in [0.15, 0.2) is 11.5 Å². The second-order valence-electron chi connectivity index (χ2n) is 7.98. The van der Waals surface area contributed by atoms with Crippen LogP contribution in [0.4, 0.5) is 23.1 Å². The molecular formula is C25H24N8O2. The minimum Gasteiger partial charge on any atom is -0.493 e. The summed E-state index contributed by atoms with van der Waals surface area (Å²) < 4.78 is 10.9. The minimum atomic E-state index is 0.620. The molecule has 4 aromatic rings. The van der Waals surface area contributed by atoms with Crippen LogP contribution in [0.25, 0.3) is 10.9 Å². The maximum absolute atomic E-state index is 8.93. The molecule has 0 bridgehead atoms. The summed E-state index contributed by atoms with van der Waals surface area (Å²) in [5.74, 6) is 2.86. The van der Waals surface area contributed by atoms with Gasteiger partial charge in [-0.05, 0) is 30.3 Å². The van der Waals surface area contributed by atoms with E-state index in [0.29, 0.717) is 23.0 Å². The van der Waals surface area contributed by atoms with Gasteiger partial charge in [-0.25, -0.2) is 19.9 Å². The Balaban J connectivity index is 1.26. The third-order valence-corrected chi connectivity index (χ3v) is 5.92. The van der Waals surface area contributed by atoms with Crippen LogP contribution in [0.5, 0.6) is 11.5 Å². The lowest BCUT2D eigenvalue weighted by molar-refractivity contribution is 0.356. The summed E-state index contributed by atoms with van der Waals surface area (Å²) in [6.45, 7) is 3.08. The van der Waals surface area contributed by atoms with Crippen molar-refractivity contribution in [3.63, 3.8) is 0 Å². The molecule has 1 aliphatic rings. The van der Waals surface area contributed by atoms with Gasteiger partial charge in [-0.3, -0.25) is 0 Å². The molecule has 10 heteroatoms. The number of methoxy groups -OCH3 is 2. The molecule has 1 saturated heterocycles. The molecule has 0 unspecified atom stereocenters. The summed E-state index contributed by atoms with van der Waals surface area (Å²) in [6.07, 6.45) is 5.12. The van der Waals surface area contributed by atoms with E-state index in [2.05, 4.69) is 41.1 Å². The van der Waals surface area contributed by atoms with Gasteiger partial charge in [-0.15, -0.1) is 0 Å². The van der Waals surface area contributed by atoms with E-state index < -0.39 is 0 Å². The first-order valence-corrected chi connectivity index (χ1v) is 11.1. The predicted molar refractivity (Wildman–Crippen MR) is 134 cm³/mol. The van der Waals surface area contributed by atoms with E-state index in [0.717, 1.165) is 54.3 Å². The molecule has 5 rings (SSSR count). The number of anilines is 4. The summed E-state index contributed by atoms with van der Waals surface area (Å²) in [4.78, 5) is 22.5. The van der Waals surface area contributed by atoms with Crippen molar-refractivity contribution in [2.45, 2.75) is 0 Å². The van der Waals surface area contributed by atoms with Gasteiger partial charge >= 0.3 is 0 Å². The van der Waals surface area contributed by atoms with Crippen molar-refractivity contribution in [1.82, 2.24) is 19.9 Å². The summed E-state index contributed by atoms with van der Waals surface area (Å²) in [5, 5.41) is 13.1. The highest BCUT2D eigenvalue weighted by molar-refractivity contribution is 5.92. The number of hydrogen-bond donors (Lipinski definition) is 1. The van der Waals surface area contributed by atoms with E-state index in [9.17, 15) is 0 Å². The summed E-state index contributed by atoms with van der Waals surface area (Å²) in [5.41, 5.74) is 3.09. The molecule has 2 aromatic carbocycles. The predicted octanol–water partition coefficient (Wildman–Crippen LogP) is 3.38. The van der Waals surface area contributed by atoms with Crippen LogP contribution in [0.15, 0.2) is 55.1 Å². The number of aromatic nitrogens is 4. The highest BCUT2D eigenvalue weighted by atomic mass is 16.5. The lowest BCUT2D eigenvalue weighted by atomic mass is 10.2. The molecule has 0 amide bonds. The monoisotopic (exact) mass is 468 g/mol. The third-order valence-electron chi connectivity index (χ3n) is 5.92. The minimum absolute atomic E-state index is 0.620. The van der Waals surface area contributed by atoms with Crippen LogP contribution in [0.3, 0.4) is 0 Å². The average Bonchev–Trinajstić information content (AvgIpc) is 2.93. The molecule has 0 spiro atoms. The topological polar surface area (TPSA) is 112 Å². The second kappa shape index (κ2) is 9.69. The van der Waals surface area contributed by atoms with Crippen LogP contribution in [0.2, 0.25) is 0 Å². The van der Waals surface area contributed by atoms with Crippen molar-refractivity contribution >= 4 is 34.0 Å². The number of nitriles is 1. The fourth-order valence-electron chi connectivity index (χ4n) is 4.08. The van der Waals surface area contributed by atoms with Crippen molar-refractivity contribution in [3.8, 4) is 17.6 Å². The number of ether oxygens (including phenoxy) is 2. The second-order valence-corrected chi connectivity index (χ2v) is 7.98. The molecule has 0 saturated carbocycles. The van der Waals surface area contributed by atoms with E-state index in [-0.39, 0.29) is 0 Å². The maximum atomic E-state index is 8.93. The molecule has 176 valence electrons. The summed E-state index contributed by atoms with van der Waals surface area (Å²) in [7, 11) is 3.24. The van der Waals surface area contributed by atoms with Gasteiger partial charge in [-0.1, -0.05) is 0 Å². The average molecular weight is 469 g/mol. The zero-order valence-electron chi connectivity index (χ0n) is 19.5. The number of rotatable bonds is 6. The molecule has 1 N–H and O–H groups in total. The lowest BCUT2D eigenvalue weighted by Gasteiger charge is -2.35. The number of piperazine rings is 1. The molecule has 0 radical (unpaired) electrons. The molecular weight excluding hydrogens is 444 g/mol. The summed E-state index contributed by atoms with van der Waals surface area (Å²) >= 11 is 0. The highest BCUT2D eigenvalue weighted by Gasteiger charge is 2.22. The van der Waals surface area contributed by atoms with E-state index in [1.807, 2.05) is 24.3 Å². The third kappa shape index (κ3) is 4.56. The fraction of sp³-hybridized carbons (Fsp3) is 0.240. The Hall–Kier alpha value is -4.65. The Morgan fingerprint density at radius 2 is 1.49 bits per heavy atom. The van der Waals surface area contributed by atoms with Crippen LogP contribution in [-0.4, -0.2) is 60.3 Å². The number of nitrogens with zero attached hydrogens (tertiary/aromatic N) is 7. The van der Waals surface area contributed by atoms with Crippen LogP contribution in [0.1, 0.15) is 5.56 Å². The van der Waals surface area contributed by atoms with Crippen LogP contribution < -0.4 is 24.6 Å². The van der Waals surface area contributed by atoms with Gasteiger partial charge in [0.05, 0.1) is 49.5 Å². The molecule has 1 fully saturated rings. The van der Waals surface area contributed by atoms with Crippen LogP contribution >= 0.6 is 0 Å². The SMILES string of the molecule is COc1cc2ncnc(N3CCN(c4ncc(Nc5ccc(C#N)cc5)cn4)CC3)c2cc1OC. The molecule has 0 aliphatic carbocycles. The smallest absolute Gasteiger partial charge is 0.225 e. The van der Waals surface area contributed by atoms with E-state index in [1.54, 1.807) is 45.1 Å². The van der Waals surface area contributed by atoms with Gasteiger partial charge in [0.2, 0.25) is 5.95 Å². The lowest BCUT2D eigenvalue weighted by Crippen LogP contribution is -2.47. The van der Waals surface area contributed by atoms with Crippen LogP contribution in [0, 0.1) is 11.3 Å². The summed E-state index contributed by atoms with van der Waals surface area (Å²) in [6, 6.07) is 13.2. The Kier molecular flexibility index (Phi) is 6.13. The van der Waals surface area contributed by atoms with Crippen molar-refractivity contribution < 1.29 is 9.47 Å². The van der Waals surface area contributed by atoms with E-state index >= 15 is 0 Å². The zero-order valence-corrected chi connectivity index (χ0v) is 19.5. The molecule has 3 heterocycles. The normalized spacial score (nSPS) is 13.4. The molecule has 1 aliphatic heterocycles. The molecule has 35 heavy (non-hydrogen) atoms. The van der Waals surface area contributed by atoms with Gasteiger partial charge in [0.1, 0.15) is 12.1 Å². The molecule has 2 aromatic heterocycles. The van der Waals surface area contributed by atoms with Gasteiger partial charge < -0.3 is 24.6 Å². The van der Waals surface area contributed by atoms with Gasteiger partial charge in [0, 0.05) is 43.3 Å². The van der Waals surface area contributed by atoms with Crippen molar-refractivity contribution in [2.24, 2.45) is 0 Å². The number of fused-ring (bicyclic) bond motifs is 1. The number of benzene rings is 2. The van der Waals surface area contributed by atoms with E-state index in [4.69, 9.17) is 14.7 Å². The van der Waals surface area contributed by atoms with Crippen LogP contribution in [-0.2, 0) is 0 Å². The van der Waals surface area contributed by atoms with Gasteiger partial charge in [0.25, 0.3) is 0 Å². The Labute approximate surface area is 202 Å². The first-order chi connectivity index (χ1) is 17.2. The van der Waals surface area contributed by atoms with Crippen molar-refractivity contribution in [1.29, 1.82) is 5.26 Å². The first-order valence-electron chi connectivity index (χ1n) is 11.1. The largest absolute Gasteiger partial charge is 0.493 e. The standard InChI is InChI=1S/C25H24N8O2/c1-34-22-11-20-21(12-23(22)35-2)29-16-30-24(20)32-7-9-33(10-8-32)25-27-14-19(15-28-25)31-18-5-3-17(13-26)4-6-18/h3-6,11-12,14-16,31H,7-10H2,1-2H3. The Bertz CT molecular complexity index is 1360. The van der Waals surface area contributed by atoms with Crippen molar-refractivity contribution in [2.75, 3.05) is 55.5 Å². The zero-order chi connectivity index (χ0) is 24.2.